The normalized spacial score (nSPS) is 25.8. The van der Waals surface area contributed by atoms with Gasteiger partial charge in [-0.2, -0.15) is 0 Å². The molecule has 0 saturated carbocycles. The van der Waals surface area contributed by atoms with Crippen LogP contribution in [0.1, 0.15) is 38.7 Å². The molecule has 1 heterocycles. The summed E-state index contributed by atoms with van der Waals surface area (Å²) in [5, 5.41) is 10.2. The van der Waals surface area contributed by atoms with Crippen LogP contribution in [-0.4, -0.2) is 49.0 Å². The van der Waals surface area contributed by atoms with Gasteiger partial charge in [0, 0.05) is 25.6 Å². The highest BCUT2D eigenvalue weighted by molar-refractivity contribution is 5.18. The molecule has 1 aliphatic rings. The molecular weight excluding hydrogens is 274 g/mol. The summed E-state index contributed by atoms with van der Waals surface area (Å²) in [6.45, 7) is 10.8. The molecule has 0 radical (unpaired) electrons. The Bertz CT molecular complexity index is 413. The van der Waals surface area contributed by atoms with Gasteiger partial charge >= 0.3 is 0 Å². The zero-order valence-electron chi connectivity index (χ0n) is 14.2. The Labute approximate surface area is 135 Å². The minimum Gasteiger partial charge on any atom is -0.389 e. The zero-order chi connectivity index (χ0) is 15.9. The van der Waals surface area contributed by atoms with Crippen molar-refractivity contribution in [2.75, 3.05) is 32.8 Å². The van der Waals surface area contributed by atoms with E-state index in [-0.39, 0.29) is 6.10 Å². The van der Waals surface area contributed by atoms with E-state index < -0.39 is 0 Å². The molecule has 1 aliphatic heterocycles. The van der Waals surface area contributed by atoms with Gasteiger partial charge in [-0.15, -0.1) is 0 Å². The maximum Gasteiger partial charge on any atom is 0.0900 e. The van der Waals surface area contributed by atoms with Crippen molar-refractivity contribution in [3.05, 3.63) is 35.9 Å². The monoisotopic (exact) mass is 305 g/mol. The van der Waals surface area contributed by atoms with Crippen LogP contribution in [0.25, 0.3) is 0 Å². The molecule has 3 nitrogen and oxygen atoms in total. The van der Waals surface area contributed by atoms with E-state index in [1.807, 2.05) is 6.07 Å². The van der Waals surface area contributed by atoms with Crippen LogP contribution in [0.3, 0.4) is 0 Å². The topological polar surface area (TPSA) is 32.7 Å². The van der Waals surface area contributed by atoms with Gasteiger partial charge in [-0.3, -0.25) is 0 Å². The van der Waals surface area contributed by atoms with Gasteiger partial charge in [0.25, 0.3) is 0 Å². The first-order chi connectivity index (χ1) is 10.5. The number of likely N-dealkylation sites (tertiary alicyclic amines) is 1. The van der Waals surface area contributed by atoms with Crippen molar-refractivity contribution in [2.45, 2.75) is 39.2 Å². The molecule has 22 heavy (non-hydrogen) atoms. The Morgan fingerprint density at radius 2 is 1.77 bits per heavy atom. The second kappa shape index (κ2) is 8.66. The number of aliphatic hydroxyl groups excluding tert-OH is 1. The van der Waals surface area contributed by atoms with Gasteiger partial charge in [0.05, 0.1) is 19.3 Å². The lowest BCUT2D eigenvalue weighted by Gasteiger charge is -2.36. The Kier molecular flexibility index (Phi) is 6.87. The Hall–Kier alpha value is -0.900. The van der Waals surface area contributed by atoms with Crippen molar-refractivity contribution in [3.8, 4) is 0 Å². The first-order valence-electron chi connectivity index (χ1n) is 8.57. The van der Waals surface area contributed by atoms with Crippen molar-refractivity contribution in [1.29, 1.82) is 0 Å². The molecule has 1 N–H and O–H groups in total. The summed E-state index contributed by atoms with van der Waals surface area (Å²) in [6.07, 6.45) is 0.915. The summed E-state index contributed by atoms with van der Waals surface area (Å²) in [7, 11) is 0. The van der Waals surface area contributed by atoms with Crippen LogP contribution in [0.2, 0.25) is 0 Å². The van der Waals surface area contributed by atoms with Crippen LogP contribution in [-0.2, 0) is 4.74 Å². The Morgan fingerprint density at radius 3 is 2.41 bits per heavy atom. The lowest BCUT2D eigenvalue weighted by Crippen LogP contribution is -2.43. The average Bonchev–Trinajstić information content (AvgIpc) is 2.47. The molecule has 2 rings (SSSR count). The summed E-state index contributed by atoms with van der Waals surface area (Å²) in [5.74, 6) is 1.83. The number of aliphatic hydroxyl groups is 1. The van der Waals surface area contributed by atoms with E-state index >= 15 is 0 Å². The van der Waals surface area contributed by atoms with Crippen molar-refractivity contribution in [2.24, 2.45) is 11.8 Å². The number of hydrogen-bond acceptors (Lipinski definition) is 3. The number of nitrogens with zero attached hydrogens (tertiary/aromatic N) is 1. The van der Waals surface area contributed by atoms with Crippen LogP contribution in [0.15, 0.2) is 30.3 Å². The molecular formula is C19H31NO2. The molecule has 1 fully saturated rings. The smallest absolute Gasteiger partial charge is 0.0900 e. The van der Waals surface area contributed by atoms with Crippen molar-refractivity contribution in [3.63, 3.8) is 0 Å². The minimum atomic E-state index is -0.388. The Balaban J connectivity index is 1.66. The van der Waals surface area contributed by atoms with E-state index in [0.717, 1.165) is 31.5 Å². The van der Waals surface area contributed by atoms with E-state index in [2.05, 4.69) is 49.9 Å². The quantitative estimate of drug-likeness (QED) is 0.840. The van der Waals surface area contributed by atoms with Crippen LogP contribution < -0.4 is 0 Å². The highest BCUT2D eigenvalue weighted by Gasteiger charge is 2.23. The molecule has 124 valence electrons. The molecule has 3 heteroatoms. The van der Waals surface area contributed by atoms with Gasteiger partial charge < -0.3 is 14.7 Å². The number of ether oxygens (including phenoxy) is 1. The third-order valence-electron chi connectivity index (χ3n) is 4.46. The van der Waals surface area contributed by atoms with Crippen LogP contribution in [0.4, 0.5) is 0 Å². The van der Waals surface area contributed by atoms with Gasteiger partial charge in [-0.05, 0) is 23.8 Å². The van der Waals surface area contributed by atoms with Crippen LogP contribution in [0, 0.1) is 11.8 Å². The molecule has 0 spiro atoms. The SMILES string of the molecule is CC1CC(C)CN(CC(O)COCC(C)c2ccccc2)C1. The zero-order valence-corrected chi connectivity index (χ0v) is 14.2. The number of benzene rings is 1. The standard InChI is InChI=1S/C19H31NO2/c1-15-9-16(2)11-20(10-15)12-19(21)14-22-13-17(3)18-7-5-4-6-8-18/h4-8,15-17,19,21H,9-14H2,1-3H3. The summed E-state index contributed by atoms with van der Waals surface area (Å²) in [5.41, 5.74) is 1.29. The predicted molar refractivity (Wildman–Crippen MR) is 91.1 cm³/mol. The number of β-amino-alcohol motifs (C(OH)–C–C–N with tert-alkyl or cyclic N) is 1. The first-order valence-corrected chi connectivity index (χ1v) is 8.57. The minimum absolute atomic E-state index is 0.364. The van der Waals surface area contributed by atoms with E-state index in [1.54, 1.807) is 0 Å². The second-order valence-corrected chi connectivity index (χ2v) is 7.17. The van der Waals surface area contributed by atoms with E-state index in [9.17, 15) is 5.11 Å². The summed E-state index contributed by atoms with van der Waals surface area (Å²) < 4.78 is 5.73. The number of piperidine rings is 1. The van der Waals surface area contributed by atoms with E-state index in [4.69, 9.17) is 4.74 Å². The third kappa shape index (κ3) is 5.71. The molecule has 0 bridgehead atoms. The Morgan fingerprint density at radius 1 is 1.14 bits per heavy atom. The van der Waals surface area contributed by atoms with Gasteiger partial charge in [0.2, 0.25) is 0 Å². The highest BCUT2D eigenvalue weighted by Crippen LogP contribution is 2.21. The fraction of sp³-hybridized carbons (Fsp3) is 0.684. The fourth-order valence-corrected chi connectivity index (χ4v) is 3.55. The molecule has 0 amide bonds. The molecule has 4 unspecified atom stereocenters. The number of hydrogen-bond donors (Lipinski definition) is 1. The highest BCUT2D eigenvalue weighted by atomic mass is 16.5. The van der Waals surface area contributed by atoms with Crippen molar-refractivity contribution in [1.82, 2.24) is 4.90 Å². The summed E-state index contributed by atoms with van der Waals surface area (Å²) >= 11 is 0. The average molecular weight is 305 g/mol. The maximum absolute atomic E-state index is 10.2. The predicted octanol–water partition coefficient (Wildman–Crippen LogP) is 3.15. The molecule has 0 aromatic heterocycles. The lowest BCUT2D eigenvalue weighted by molar-refractivity contribution is 0.00185. The second-order valence-electron chi connectivity index (χ2n) is 7.17. The van der Waals surface area contributed by atoms with Gasteiger partial charge in [0.1, 0.15) is 0 Å². The van der Waals surface area contributed by atoms with Crippen LogP contribution >= 0.6 is 0 Å². The first kappa shape index (κ1) is 17.5. The number of rotatable bonds is 7. The molecule has 0 aliphatic carbocycles. The third-order valence-corrected chi connectivity index (χ3v) is 4.46. The van der Waals surface area contributed by atoms with Crippen molar-refractivity contribution < 1.29 is 9.84 Å². The lowest BCUT2D eigenvalue weighted by atomic mass is 9.92. The van der Waals surface area contributed by atoms with Gasteiger partial charge in [-0.25, -0.2) is 0 Å². The largest absolute Gasteiger partial charge is 0.389 e. The van der Waals surface area contributed by atoms with E-state index in [0.29, 0.717) is 19.1 Å². The van der Waals surface area contributed by atoms with E-state index in [1.165, 1.54) is 12.0 Å². The van der Waals surface area contributed by atoms with Crippen molar-refractivity contribution >= 4 is 0 Å². The fourth-order valence-electron chi connectivity index (χ4n) is 3.55. The summed E-state index contributed by atoms with van der Waals surface area (Å²) in [6, 6.07) is 10.4. The summed E-state index contributed by atoms with van der Waals surface area (Å²) in [4.78, 5) is 2.38. The molecule has 1 aromatic carbocycles. The van der Waals surface area contributed by atoms with Gasteiger partial charge in [-0.1, -0.05) is 51.1 Å². The van der Waals surface area contributed by atoms with Gasteiger partial charge in [0.15, 0.2) is 0 Å². The maximum atomic E-state index is 10.2. The van der Waals surface area contributed by atoms with Crippen LogP contribution in [0.5, 0.6) is 0 Å². The molecule has 1 aromatic rings. The molecule has 1 saturated heterocycles. The molecule has 4 atom stereocenters.